The van der Waals surface area contributed by atoms with E-state index in [9.17, 15) is 32.9 Å². The van der Waals surface area contributed by atoms with E-state index >= 15 is 0 Å². The fourth-order valence-electron chi connectivity index (χ4n) is 4.70. The molecule has 5 rings (SSSR count). The number of benzene rings is 4. The van der Waals surface area contributed by atoms with Gasteiger partial charge in [-0.15, -0.1) is 13.2 Å². The van der Waals surface area contributed by atoms with Crippen molar-refractivity contribution in [2.24, 2.45) is 0 Å². The Kier molecular flexibility index (Phi) is 7.64. The van der Waals surface area contributed by atoms with Crippen LogP contribution in [0.5, 0.6) is 11.5 Å². The van der Waals surface area contributed by atoms with Crippen molar-refractivity contribution >= 4 is 40.3 Å². The predicted octanol–water partition coefficient (Wildman–Crippen LogP) is 7.39. The molecule has 10 nitrogen and oxygen atoms in total. The van der Waals surface area contributed by atoms with Crippen LogP contribution in [0.3, 0.4) is 0 Å². The maximum atomic E-state index is 13.3. The van der Waals surface area contributed by atoms with Gasteiger partial charge in [0.2, 0.25) is 5.91 Å². The maximum absolute atomic E-state index is 13.3. The summed E-state index contributed by atoms with van der Waals surface area (Å²) in [6.45, 7) is 3.29. The Labute approximate surface area is 249 Å². The number of nitrogens with zero attached hydrogens (tertiary/aromatic N) is 1. The van der Waals surface area contributed by atoms with Crippen LogP contribution in [0, 0.1) is 10.1 Å². The number of alkyl halides is 3. The molecule has 0 spiro atoms. The van der Waals surface area contributed by atoms with Gasteiger partial charge >= 0.3 is 12.0 Å². The van der Waals surface area contributed by atoms with E-state index in [4.69, 9.17) is 4.74 Å². The van der Waals surface area contributed by atoms with E-state index in [-0.39, 0.29) is 17.1 Å². The number of carbonyl (C=O) groups excluding carboxylic acids is 2. The Balaban J connectivity index is 1.40. The SMILES string of the molecule is COc1cc(-c2ccc3c(c2)Nc2ccc(C(C)(C)C(=O)Nc4cccc(OC(F)(F)F)c4)cc2NC3=O)ccc1[N+](=O)[O-]. The van der Waals surface area contributed by atoms with Gasteiger partial charge in [-0.3, -0.25) is 19.7 Å². The average Bonchev–Trinajstić information content (AvgIpc) is 3.10. The summed E-state index contributed by atoms with van der Waals surface area (Å²) in [6.07, 6.45) is -4.87. The van der Waals surface area contributed by atoms with E-state index in [1.807, 2.05) is 0 Å². The number of halogens is 3. The molecule has 0 saturated heterocycles. The lowest BCUT2D eigenvalue weighted by atomic mass is 9.83. The van der Waals surface area contributed by atoms with Crippen molar-refractivity contribution in [1.82, 2.24) is 0 Å². The lowest BCUT2D eigenvalue weighted by molar-refractivity contribution is -0.385. The van der Waals surface area contributed by atoms with Crippen molar-refractivity contribution in [3.63, 3.8) is 0 Å². The number of anilines is 4. The highest BCUT2D eigenvalue weighted by Gasteiger charge is 2.33. The first-order valence-corrected chi connectivity index (χ1v) is 13.1. The number of methoxy groups -OCH3 is 1. The molecule has 1 aliphatic heterocycles. The lowest BCUT2D eigenvalue weighted by Crippen LogP contribution is -2.34. The van der Waals surface area contributed by atoms with Gasteiger partial charge in [0.05, 0.1) is 40.1 Å². The first kappa shape index (κ1) is 29.9. The summed E-state index contributed by atoms with van der Waals surface area (Å²) < 4.78 is 47.0. The summed E-state index contributed by atoms with van der Waals surface area (Å²) in [4.78, 5) is 37.2. The molecule has 0 radical (unpaired) electrons. The van der Waals surface area contributed by atoms with E-state index < -0.39 is 34.3 Å². The second kappa shape index (κ2) is 11.2. The first-order valence-electron chi connectivity index (χ1n) is 13.1. The Morgan fingerprint density at radius 1 is 0.886 bits per heavy atom. The van der Waals surface area contributed by atoms with Gasteiger partial charge in [0.1, 0.15) is 5.75 Å². The third-order valence-electron chi connectivity index (χ3n) is 7.13. The summed E-state index contributed by atoms with van der Waals surface area (Å²) in [5.74, 6) is -1.27. The molecule has 2 amide bonds. The third kappa shape index (κ3) is 6.11. The minimum Gasteiger partial charge on any atom is -0.490 e. The van der Waals surface area contributed by atoms with Gasteiger partial charge in [-0.2, -0.15) is 0 Å². The van der Waals surface area contributed by atoms with Gasteiger partial charge in [0.25, 0.3) is 5.91 Å². The smallest absolute Gasteiger partial charge is 0.490 e. The molecule has 0 aromatic heterocycles. The van der Waals surface area contributed by atoms with E-state index in [0.717, 1.165) is 12.1 Å². The number of nitro groups is 1. The monoisotopic (exact) mass is 606 g/mol. The molecular weight excluding hydrogens is 581 g/mol. The topological polar surface area (TPSA) is 132 Å². The summed E-state index contributed by atoms with van der Waals surface area (Å²) in [7, 11) is 1.34. The van der Waals surface area contributed by atoms with Crippen molar-refractivity contribution < 1.29 is 37.2 Å². The second-order valence-electron chi connectivity index (χ2n) is 10.4. The summed E-state index contributed by atoms with van der Waals surface area (Å²) in [6, 6.07) is 19.6. The molecule has 1 aliphatic rings. The van der Waals surface area contributed by atoms with Crippen LogP contribution < -0.4 is 25.4 Å². The third-order valence-corrected chi connectivity index (χ3v) is 7.13. The van der Waals surface area contributed by atoms with Crippen molar-refractivity contribution in [2.45, 2.75) is 25.6 Å². The quantitative estimate of drug-likeness (QED) is 0.148. The molecule has 0 aliphatic carbocycles. The lowest BCUT2D eigenvalue weighted by Gasteiger charge is -2.25. The van der Waals surface area contributed by atoms with E-state index in [0.29, 0.717) is 39.3 Å². The molecular formula is C31H25F3N4O6. The van der Waals surface area contributed by atoms with Crippen LogP contribution >= 0.6 is 0 Å². The Morgan fingerprint density at radius 3 is 2.32 bits per heavy atom. The fourth-order valence-corrected chi connectivity index (χ4v) is 4.70. The molecule has 4 aromatic carbocycles. The Hall–Kier alpha value is -5.59. The van der Waals surface area contributed by atoms with Gasteiger partial charge in [-0.1, -0.05) is 18.2 Å². The molecule has 13 heteroatoms. The number of nitrogens with one attached hydrogen (secondary N) is 3. The summed E-state index contributed by atoms with van der Waals surface area (Å²) >= 11 is 0. The van der Waals surface area contributed by atoms with E-state index in [2.05, 4.69) is 20.7 Å². The van der Waals surface area contributed by atoms with E-state index in [1.54, 1.807) is 62.4 Å². The van der Waals surface area contributed by atoms with Crippen molar-refractivity contribution in [1.29, 1.82) is 0 Å². The second-order valence-corrected chi connectivity index (χ2v) is 10.4. The Morgan fingerprint density at radius 2 is 1.61 bits per heavy atom. The van der Waals surface area contributed by atoms with Crippen LogP contribution in [0.1, 0.15) is 29.8 Å². The highest BCUT2D eigenvalue weighted by molar-refractivity contribution is 6.12. The summed E-state index contributed by atoms with van der Waals surface area (Å²) in [5, 5.41) is 20.0. The molecule has 44 heavy (non-hydrogen) atoms. The maximum Gasteiger partial charge on any atom is 0.573 e. The largest absolute Gasteiger partial charge is 0.573 e. The van der Waals surface area contributed by atoms with Gasteiger partial charge in [0, 0.05) is 17.8 Å². The Bertz CT molecular complexity index is 1810. The predicted molar refractivity (Wildman–Crippen MR) is 158 cm³/mol. The molecule has 0 bridgehead atoms. The average molecular weight is 607 g/mol. The number of hydrogen-bond acceptors (Lipinski definition) is 7. The molecule has 3 N–H and O–H groups in total. The molecule has 0 unspecified atom stereocenters. The van der Waals surface area contributed by atoms with Gasteiger partial charge in [0.15, 0.2) is 5.75 Å². The zero-order valence-electron chi connectivity index (χ0n) is 23.5. The van der Waals surface area contributed by atoms with Crippen molar-refractivity contribution in [3.8, 4) is 22.6 Å². The molecule has 1 heterocycles. The van der Waals surface area contributed by atoms with Crippen molar-refractivity contribution in [3.05, 3.63) is 100 Å². The highest BCUT2D eigenvalue weighted by atomic mass is 19.4. The number of rotatable bonds is 7. The van der Waals surface area contributed by atoms with Gasteiger partial charge in [-0.25, -0.2) is 0 Å². The minimum atomic E-state index is -4.87. The van der Waals surface area contributed by atoms with Crippen molar-refractivity contribution in [2.75, 3.05) is 23.1 Å². The van der Waals surface area contributed by atoms with Gasteiger partial charge < -0.3 is 25.4 Å². The minimum absolute atomic E-state index is 0.0972. The fraction of sp³-hybridized carbons (Fsp3) is 0.161. The van der Waals surface area contributed by atoms with Crippen LogP contribution in [0.25, 0.3) is 11.1 Å². The zero-order chi connectivity index (χ0) is 31.8. The number of ether oxygens (including phenoxy) is 2. The van der Waals surface area contributed by atoms with Crippen LogP contribution in [0.2, 0.25) is 0 Å². The van der Waals surface area contributed by atoms with Crippen LogP contribution in [-0.2, 0) is 10.2 Å². The summed E-state index contributed by atoms with van der Waals surface area (Å²) in [5.41, 5.74) is 2.42. The molecule has 0 saturated carbocycles. The molecule has 4 aromatic rings. The number of hydrogen-bond donors (Lipinski definition) is 3. The van der Waals surface area contributed by atoms with Crippen LogP contribution in [0.4, 0.5) is 41.6 Å². The highest BCUT2D eigenvalue weighted by Crippen LogP contribution is 2.39. The normalized spacial score (nSPS) is 12.5. The van der Waals surface area contributed by atoms with Gasteiger partial charge in [-0.05, 0) is 79.1 Å². The van der Waals surface area contributed by atoms with Crippen LogP contribution in [-0.4, -0.2) is 30.2 Å². The number of carbonyl (C=O) groups is 2. The molecule has 226 valence electrons. The standard InChI is InChI=1S/C31H25F3N4O6/c1-30(2,29(40)35-20-5-4-6-21(16-20)44-31(32,33)34)19-9-11-23-25(15-19)37-28(39)22-10-7-17(13-24(22)36-23)18-8-12-26(38(41)42)27(14-18)43-3/h4-16,36H,1-3H3,(H,35,40)(H,37,39). The number of amides is 2. The zero-order valence-corrected chi connectivity index (χ0v) is 23.5. The number of nitro benzene ring substituents is 1. The molecule has 0 fully saturated rings. The van der Waals surface area contributed by atoms with E-state index in [1.165, 1.54) is 25.3 Å². The van der Waals surface area contributed by atoms with Crippen LogP contribution in [0.15, 0.2) is 78.9 Å². The number of fused-ring (bicyclic) bond motifs is 2. The molecule has 0 atom stereocenters. The first-order chi connectivity index (χ1) is 20.7.